The molecule has 0 bridgehead atoms. The number of primary amides is 1. The van der Waals surface area contributed by atoms with E-state index >= 15 is 0 Å². The number of anilines is 2. The van der Waals surface area contributed by atoms with Crippen LogP contribution in [-0.4, -0.2) is 24.3 Å². The number of amides is 3. The van der Waals surface area contributed by atoms with E-state index < -0.39 is 35.4 Å². The van der Waals surface area contributed by atoms with Crippen molar-refractivity contribution in [3.05, 3.63) is 59.7 Å². The Hall–Kier alpha value is -3.36. The van der Waals surface area contributed by atoms with E-state index in [2.05, 4.69) is 5.32 Å². The van der Waals surface area contributed by atoms with Gasteiger partial charge in [0.2, 0.25) is 17.7 Å². The van der Waals surface area contributed by atoms with E-state index in [9.17, 15) is 27.6 Å². The molecule has 3 N–H and O–H groups in total. The van der Waals surface area contributed by atoms with Gasteiger partial charge in [-0.05, 0) is 42.5 Å². The quantitative estimate of drug-likeness (QED) is 0.840. The molecule has 28 heavy (non-hydrogen) atoms. The van der Waals surface area contributed by atoms with Crippen LogP contribution in [0.15, 0.2) is 48.5 Å². The fourth-order valence-electron chi connectivity index (χ4n) is 2.95. The van der Waals surface area contributed by atoms with Crippen LogP contribution in [0, 0.1) is 5.92 Å². The molecule has 0 saturated carbocycles. The highest BCUT2D eigenvalue weighted by molar-refractivity contribution is 6.03. The lowest BCUT2D eigenvalue weighted by molar-refractivity contribution is -0.137. The van der Waals surface area contributed by atoms with Crippen LogP contribution in [0.5, 0.6) is 0 Å². The van der Waals surface area contributed by atoms with E-state index in [1.807, 2.05) is 0 Å². The largest absolute Gasteiger partial charge is 0.416 e. The van der Waals surface area contributed by atoms with E-state index in [0.29, 0.717) is 5.69 Å². The van der Waals surface area contributed by atoms with Crippen molar-refractivity contribution in [2.24, 2.45) is 11.7 Å². The molecular weight excluding hydrogens is 375 g/mol. The molecule has 1 unspecified atom stereocenters. The Morgan fingerprint density at radius 2 is 1.79 bits per heavy atom. The Kier molecular flexibility index (Phi) is 5.08. The number of nitrogens with zero attached hydrogens (tertiary/aromatic N) is 1. The number of rotatable bonds is 4. The van der Waals surface area contributed by atoms with E-state index in [0.717, 1.165) is 12.1 Å². The van der Waals surface area contributed by atoms with Gasteiger partial charge < -0.3 is 16.0 Å². The van der Waals surface area contributed by atoms with Crippen molar-refractivity contribution in [2.45, 2.75) is 12.6 Å². The first-order chi connectivity index (χ1) is 13.1. The van der Waals surface area contributed by atoms with Crippen molar-refractivity contribution in [1.82, 2.24) is 0 Å². The van der Waals surface area contributed by atoms with Gasteiger partial charge in [0.1, 0.15) is 0 Å². The molecule has 0 spiro atoms. The van der Waals surface area contributed by atoms with Crippen LogP contribution >= 0.6 is 0 Å². The monoisotopic (exact) mass is 391 g/mol. The van der Waals surface area contributed by atoms with Gasteiger partial charge in [-0.3, -0.25) is 14.4 Å². The highest BCUT2D eigenvalue weighted by Crippen LogP contribution is 2.33. The number of halogens is 3. The molecule has 9 heteroatoms. The van der Waals surface area contributed by atoms with Crippen molar-refractivity contribution in [3.63, 3.8) is 0 Å². The number of carbonyl (C=O) groups excluding carboxylic acids is 3. The molecule has 2 aromatic rings. The van der Waals surface area contributed by atoms with Crippen molar-refractivity contribution >= 4 is 29.1 Å². The van der Waals surface area contributed by atoms with Gasteiger partial charge in [0, 0.05) is 29.9 Å². The molecule has 1 heterocycles. The average Bonchev–Trinajstić information content (AvgIpc) is 3.03. The standard InChI is InChI=1S/C19H16F3N3O3/c20-19(21,22)13-2-1-3-15(9-13)25-10-12(8-16(25)26)18(28)24-14-6-4-11(5-7-14)17(23)27/h1-7,9,12H,8,10H2,(H2,23,27)(H,24,28). The minimum atomic E-state index is -4.52. The first-order valence-corrected chi connectivity index (χ1v) is 8.33. The summed E-state index contributed by atoms with van der Waals surface area (Å²) >= 11 is 0. The van der Waals surface area contributed by atoms with E-state index in [1.54, 1.807) is 0 Å². The van der Waals surface area contributed by atoms with Gasteiger partial charge in [0.15, 0.2) is 0 Å². The maximum atomic E-state index is 12.9. The summed E-state index contributed by atoms with van der Waals surface area (Å²) in [6.07, 6.45) is -4.63. The van der Waals surface area contributed by atoms with Crippen LogP contribution in [0.25, 0.3) is 0 Å². The summed E-state index contributed by atoms with van der Waals surface area (Å²) in [6, 6.07) is 10.3. The first-order valence-electron chi connectivity index (χ1n) is 8.33. The average molecular weight is 391 g/mol. The lowest BCUT2D eigenvalue weighted by atomic mass is 10.1. The fourth-order valence-corrected chi connectivity index (χ4v) is 2.95. The van der Waals surface area contributed by atoms with Crippen LogP contribution < -0.4 is 16.0 Å². The Bertz CT molecular complexity index is 926. The number of carbonyl (C=O) groups is 3. The second kappa shape index (κ2) is 7.34. The first kappa shape index (κ1) is 19.4. The Balaban J connectivity index is 1.70. The second-order valence-corrected chi connectivity index (χ2v) is 6.38. The van der Waals surface area contributed by atoms with E-state index in [4.69, 9.17) is 5.73 Å². The zero-order valence-electron chi connectivity index (χ0n) is 14.5. The van der Waals surface area contributed by atoms with Gasteiger partial charge in [0.05, 0.1) is 11.5 Å². The molecule has 0 radical (unpaired) electrons. The highest BCUT2D eigenvalue weighted by atomic mass is 19.4. The van der Waals surface area contributed by atoms with Crippen molar-refractivity contribution in [3.8, 4) is 0 Å². The molecule has 1 saturated heterocycles. The third kappa shape index (κ3) is 4.13. The fraction of sp³-hybridized carbons (Fsp3) is 0.211. The summed E-state index contributed by atoms with van der Waals surface area (Å²) in [4.78, 5) is 36.9. The van der Waals surface area contributed by atoms with Crippen LogP contribution in [0.2, 0.25) is 0 Å². The topological polar surface area (TPSA) is 92.5 Å². The Labute approximate surface area is 158 Å². The summed E-state index contributed by atoms with van der Waals surface area (Å²) in [5, 5.41) is 2.63. The SMILES string of the molecule is NC(=O)c1ccc(NC(=O)C2CC(=O)N(c3cccc(C(F)(F)F)c3)C2)cc1. The summed E-state index contributed by atoms with van der Waals surface area (Å²) in [7, 11) is 0. The van der Waals surface area contributed by atoms with Gasteiger partial charge in [-0.15, -0.1) is 0 Å². The molecular formula is C19H16F3N3O3. The number of hydrogen-bond donors (Lipinski definition) is 2. The van der Waals surface area contributed by atoms with Crippen molar-refractivity contribution in [1.29, 1.82) is 0 Å². The molecule has 146 valence electrons. The normalized spacial score (nSPS) is 16.9. The van der Waals surface area contributed by atoms with Gasteiger partial charge >= 0.3 is 6.18 Å². The minimum absolute atomic E-state index is 0.0225. The zero-order chi connectivity index (χ0) is 20.5. The maximum Gasteiger partial charge on any atom is 0.416 e. The third-order valence-corrected chi connectivity index (χ3v) is 4.42. The van der Waals surface area contributed by atoms with Crippen molar-refractivity contribution < 1.29 is 27.6 Å². The molecule has 6 nitrogen and oxygen atoms in total. The molecule has 3 amide bonds. The van der Waals surface area contributed by atoms with Crippen LogP contribution in [0.1, 0.15) is 22.3 Å². The highest BCUT2D eigenvalue weighted by Gasteiger charge is 2.37. The molecule has 1 aliphatic rings. The molecule has 1 aliphatic heterocycles. The molecule has 1 fully saturated rings. The van der Waals surface area contributed by atoms with Gasteiger partial charge in [-0.2, -0.15) is 13.2 Å². The van der Waals surface area contributed by atoms with E-state index in [-0.39, 0.29) is 24.2 Å². The number of hydrogen-bond acceptors (Lipinski definition) is 3. The van der Waals surface area contributed by atoms with Crippen LogP contribution in [-0.2, 0) is 15.8 Å². The summed E-state index contributed by atoms with van der Waals surface area (Å²) < 4.78 is 38.6. The predicted molar refractivity (Wildman–Crippen MR) is 95.5 cm³/mol. The van der Waals surface area contributed by atoms with Gasteiger partial charge in [-0.25, -0.2) is 0 Å². The van der Waals surface area contributed by atoms with Crippen molar-refractivity contribution in [2.75, 3.05) is 16.8 Å². The molecule has 0 aromatic heterocycles. The minimum Gasteiger partial charge on any atom is -0.366 e. The number of nitrogens with one attached hydrogen (secondary N) is 1. The smallest absolute Gasteiger partial charge is 0.366 e. The second-order valence-electron chi connectivity index (χ2n) is 6.38. The molecule has 2 aromatic carbocycles. The molecule has 3 rings (SSSR count). The number of nitrogens with two attached hydrogens (primary N) is 1. The maximum absolute atomic E-state index is 12.9. The summed E-state index contributed by atoms with van der Waals surface area (Å²) in [5.74, 6) is -2.17. The van der Waals surface area contributed by atoms with Crippen LogP contribution in [0.3, 0.4) is 0 Å². The third-order valence-electron chi connectivity index (χ3n) is 4.42. The Morgan fingerprint density at radius 1 is 1.11 bits per heavy atom. The lowest BCUT2D eigenvalue weighted by Crippen LogP contribution is -2.28. The Morgan fingerprint density at radius 3 is 2.39 bits per heavy atom. The van der Waals surface area contributed by atoms with Gasteiger partial charge in [-0.1, -0.05) is 6.07 Å². The predicted octanol–water partition coefficient (Wildman–Crippen LogP) is 2.80. The van der Waals surface area contributed by atoms with E-state index in [1.165, 1.54) is 41.3 Å². The number of alkyl halides is 3. The summed E-state index contributed by atoms with van der Waals surface area (Å²) in [5.41, 5.74) is 5.08. The number of benzene rings is 2. The molecule has 0 aliphatic carbocycles. The zero-order valence-corrected chi connectivity index (χ0v) is 14.5. The lowest BCUT2D eigenvalue weighted by Gasteiger charge is -2.18. The van der Waals surface area contributed by atoms with Gasteiger partial charge in [0.25, 0.3) is 0 Å². The molecule has 1 atom stereocenters. The van der Waals surface area contributed by atoms with Crippen LogP contribution in [0.4, 0.5) is 24.5 Å². The summed E-state index contributed by atoms with van der Waals surface area (Å²) in [6.45, 7) is -0.0225.